The van der Waals surface area contributed by atoms with E-state index < -0.39 is 5.60 Å². The molecule has 0 fully saturated rings. The van der Waals surface area contributed by atoms with E-state index in [1.165, 1.54) is 10.4 Å². The molecule has 0 saturated carbocycles. The lowest BCUT2D eigenvalue weighted by atomic mass is 10.2. The van der Waals surface area contributed by atoms with E-state index in [9.17, 15) is 4.79 Å². The van der Waals surface area contributed by atoms with Crippen molar-refractivity contribution in [3.05, 3.63) is 40.1 Å². The van der Waals surface area contributed by atoms with Crippen LogP contribution in [0.5, 0.6) is 0 Å². The van der Waals surface area contributed by atoms with Crippen LogP contribution < -0.4 is 5.32 Å². The van der Waals surface area contributed by atoms with Gasteiger partial charge in [0.15, 0.2) is 0 Å². The molecule has 0 saturated heterocycles. The molecule has 2 aromatic heterocycles. The van der Waals surface area contributed by atoms with Crippen LogP contribution in [0.4, 0.5) is 4.79 Å². The molecule has 6 heteroatoms. The standard InChI is InChI=1S/C16H23N3O2S/c1-12-6-8-22-14(12)10-19-11-17-9-13(19)5-7-18-15(20)21-16(2,3)4/h6,8-9,11H,5,7,10H2,1-4H3,(H,18,20). The van der Waals surface area contributed by atoms with Gasteiger partial charge in [0.05, 0.1) is 12.9 Å². The summed E-state index contributed by atoms with van der Waals surface area (Å²) >= 11 is 1.75. The number of aryl methyl sites for hydroxylation is 1. The second-order valence-corrected chi connectivity index (χ2v) is 7.22. The van der Waals surface area contributed by atoms with Crippen molar-refractivity contribution in [2.24, 2.45) is 0 Å². The summed E-state index contributed by atoms with van der Waals surface area (Å²) in [5.41, 5.74) is 1.93. The molecular weight excluding hydrogens is 298 g/mol. The Kier molecular flexibility index (Phi) is 5.24. The summed E-state index contributed by atoms with van der Waals surface area (Å²) in [5, 5.41) is 4.88. The fourth-order valence-corrected chi connectivity index (χ4v) is 2.93. The van der Waals surface area contributed by atoms with Crippen LogP contribution in [-0.2, 0) is 17.7 Å². The largest absolute Gasteiger partial charge is 0.444 e. The van der Waals surface area contributed by atoms with Gasteiger partial charge >= 0.3 is 6.09 Å². The molecule has 0 atom stereocenters. The van der Waals surface area contributed by atoms with E-state index in [0.29, 0.717) is 6.54 Å². The molecular formula is C16H23N3O2S. The lowest BCUT2D eigenvalue weighted by molar-refractivity contribution is 0.0528. The molecule has 2 aromatic rings. The van der Waals surface area contributed by atoms with Gasteiger partial charge in [-0.1, -0.05) is 0 Å². The molecule has 0 aromatic carbocycles. The average Bonchev–Trinajstić information content (AvgIpc) is 2.98. The highest BCUT2D eigenvalue weighted by molar-refractivity contribution is 7.10. The Morgan fingerprint density at radius 2 is 2.23 bits per heavy atom. The van der Waals surface area contributed by atoms with E-state index in [4.69, 9.17) is 4.74 Å². The minimum Gasteiger partial charge on any atom is -0.444 e. The van der Waals surface area contributed by atoms with E-state index in [1.807, 2.05) is 33.3 Å². The second-order valence-electron chi connectivity index (χ2n) is 6.22. The predicted molar refractivity (Wildman–Crippen MR) is 88.3 cm³/mol. The van der Waals surface area contributed by atoms with Gasteiger partial charge in [-0.05, 0) is 44.7 Å². The van der Waals surface area contributed by atoms with Crippen LogP contribution in [0.1, 0.15) is 36.9 Å². The maximum atomic E-state index is 11.6. The van der Waals surface area contributed by atoms with Gasteiger partial charge in [-0.15, -0.1) is 11.3 Å². The monoisotopic (exact) mass is 321 g/mol. The lowest BCUT2D eigenvalue weighted by Crippen LogP contribution is -2.33. The number of imidazole rings is 1. The van der Waals surface area contributed by atoms with Gasteiger partial charge < -0.3 is 14.6 Å². The molecule has 0 bridgehead atoms. The van der Waals surface area contributed by atoms with Crippen LogP contribution >= 0.6 is 11.3 Å². The number of nitrogens with zero attached hydrogens (tertiary/aromatic N) is 2. The van der Waals surface area contributed by atoms with E-state index in [1.54, 1.807) is 11.3 Å². The Morgan fingerprint density at radius 1 is 1.45 bits per heavy atom. The number of rotatable bonds is 5. The summed E-state index contributed by atoms with van der Waals surface area (Å²) in [7, 11) is 0. The zero-order valence-corrected chi connectivity index (χ0v) is 14.4. The van der Waals surface area contributed by atoms with Crippen molar-refractivity contribution < 1.29 is 9.53 Å². The predicted octanol–water partition coefficient (Wildman–Crippen LogP) is 3.37. The van der Waals surface area contributed by atoms with E-state index in [2.05, 4.69) is 33.2 Å². The van der Waals surface area contributed by atoms with E-state index in [-0.39, 0.29) is 6.09 Å². The van der Waals surface area contributed by atoms with Crippen LogP contribution in [0.25, 0.3) is 0 Å². The van der Waals surface area contributed by atoms with Crippen molar-refractivity contribution >= 4 is 17.4 Å². The normalized spacial score (nSPS) is 11.5. The number of nitrogens with one attached hydrogen (secondary N) is 1. The maximum Gasteiger partial charge on any atom is 0.407 e. The highest BCUT2D eigenvalue weighted by atomic mass is 32.1. The Hall–Kier alpha value is -1.82. The number of aromatic nitrogens is 2. The van der Waals surface area contributed by atoms with Gasteiger partial charge in [0.1, 0.15) is 5.60 Å². The summed E-state index contributed by atoms with van der Waals surface area (Å²) in [6, 6.07) is 2.13. The van der Waals surface area contributed by atoms with E-state index >= 15 is 0 Å². The summed E-state index contributed by atoms with van der Waals surface area (Å²) in [5.74, 6) is 0. The van der Waals surface area contributed by atoms with Gasteiger partial charge in [0.25, 0.3) is 0 Å². The second kappa shape index (κ2) is 6.96. The number of ether oxygens (including phenoxy) is 1. The first-order chi connectivity index (χ1) is 10.3. The van der Waals surface area contributed by atoms with Gasteiger partial charge in [0, 0.05) is 29.7 Å². The average molecular weight is 321 g/mol. The number of alkyl carbamates (subject to hydrolysis) is 1. The molecule has 0 aliphatic carbocycles. The first kappa shape index (κ1) is 16.5. The van der Waals surface area contributed by atoms with Crippen molar-refractivity contribution in [2.45, 2.75) is 46.3 Å². The Morgan fingerprint density at radius 3 is 2.86 bits per heavy atom. The first-order valence-corrected chi connectivity index (χ1v) is 8.22. The van der Waals surface area contributed by atoms with Crippen LogP contribution in [0.3, 0.4) is 0 Å². The van der Waals surface area contributed by atoms with Gasteiger partial charge in [-0.25, -0.2) is 9.78 Å². The third-order valence-corrected chi connectivity index (χ3v) is 4.14. The molecule has 120 valence electrons. The Bertz CT molecular complexity index is 625. The fraction of sp³-hybridized carbons (Fsp3) is 0.500. The minimum absolute atomic E-state index is 0.382. The number of hydrogen-bond donors (Lipinski definition) is 1. The summed E-state index contributed by atoms with van der Waals surface area (Å²) in [4.78, 5) is 17.2. The highest BCUT2D eigenvalue weighted by Gasteiger charge is 2.15. The highest BCUT2D eigenvalue weighted by Crippen LogP contribution is 2.17. The number of amides is 1. The van der Waals surface area contributed by atoms with Crippen molar-refractivity contribution in [3.63, 3.8) is 0 Å². The summed E-state index contributed by atoms with van der Waals surface area (Å²) < 4.78 is 7.34. The Balaban J connectivity index is 1.86. The lowest BCUT2D eigenvalue weighted by Gasteiger charge is -2.19. The maximum absolute atomic E-state index is 11.6. The SMILES string of the molecule is Cc1ccsc1Cn1cncc1CCNC(=O)OC(C)(C)C. The molecule has 0 radical (unpaired) electrons. The van der Waals surface area contributed by atoms with Crippen LogP contribution in [-0.4, -0.2) is 27.8 Å². The molecule has 2 heterocycles. The molecule has 0 unspecified atom stereocenters. The van der Waals surface area contributed by atoms with Crippen molar-refractivity contribution in [2.75, 3.05) is 6.54 Å². The number of hydrogen-bond acceptors (Lipinski definition) is 4. The topological polar surface area (TPSA) is 56.2 Å². The third-order valence-electron chi connectivity index (χ3n) is 3.13. The molecule has 0 aliphatic heterocycles. The minimum atomic E-state index is -0.470. The smallest absolute Gasteiger partial charge is 0.407 e. The molecule has 1 N–H and O–H groups in total. The molecule has 5 nitrogen and oxygen atoms in total. The van der Waals surface area contributed by atoms with Crippen molar-refractivity contribution in [1.29, 1.82) is 0 Å². The van der Waals surface area contributed by atoms with Gasteiger partial charge in [-0.3, -0.25) is 0 Å². The first-order valence-electron chi connectivity index (χ1n) is 7.34. The quantitative estimate of drug-likeness (QED) is 0.918. The molecule has 0 aliphatic rings. The molecule has 2 rings (SSSR count). The number of carbonyl (C=O) groups is 1. The Labute approximate surface area is 135 Å². The van der Waals surface area contributed by atoms with Gasteiger partial charge in [-0.2, -0.15) is 0 Å². The van der Waals surface area contributed by atoms with Crippen LogP contribution in [0, 0.1) is 6.92 Å². The molecule has 1 amide bonds. The molecule has 22 heavy (non-hydrogen) atoms. The van der Waals surface area contributed by atoms with Gasteiger partial charge in [0.2, 0.25) is 0 Å². The van der Waals surface area contributed by atoms with Crippen molar-refractivity contribution in [3.8, 4) is 0 Å². The molecule has 0 spiro atoms. The number of carbonyl (C=O) groups excluding carboxylic acids is 1. The van der Waals surface area contributed by atoms with E-state index in [0.717, 1.165) is 18.7 Å². The fourth-order valence-electron chi connectivity index (χ4n) is 2.03. The van der Waals surface area contributed by atoms with Crippen LogP contribution in [0.15, 0.2) is 24.0 Å². The third kappa shape index (κ3) is 4.87. The van der Waals surface area contributed by atoms with Crippen molar-refractivity contribution in [1.82, 2.24) is 14.9 Å². The zero-order valence-electron chi connectivity index (χ0n) is 13.5. The summed E-state index contributed by atoms with van der Waals surface area (Å²) in [6.45, 7) is 9.03. The zero-order chi connectivity index (χ0) is 16.2. The number of thiophene rings is 1. The summed E-state index contributed by atoms with van der Waals surface area (Å²) in [6.07, 6.45) is 4.03. The van der Waals surface area contributed by atoms with Crippen LogP contribution in [0.2, 0.25) is 0 Å².